The quantitative estimate of drug-likeness (QED) is 0.631. The lowest BCUT2D eigenvalue weighted by Gasteiger charge is -2.13. The minimum Gasteiger partial charge on any atom is -0.479 e. The first-order chi connectivity index (χ1) is 9.47. The number of rotatable bonds is 5. The van der Waals surface area contributed by atoms with Gasteiger partial charge in [-0.1, -0.05) is 6.07 Å². The van der Waals surface area contributed by atoms with Crippen molar-refractivity contribution < 1.29 is 19.6 Å². The van der Waals surface area contributed by atoms with E-state index in [1.165, 1.54) is 6.07 Å². The molecule has 0 amide bonds. The number of hydrogen-bond acceptors (Lipinski definition) is 5. The molecular weight excluding hydrogens is 264 g/mol. The van der Waals surface area contributed by atoms with E-state index in [-0.39, 0.29) is 11.8 Å². The van der Waals surface area contributed by atoms with Crippen LogP contribution in [0.15, 0.2) is 18.2 Å². The SMILES string of the molecule is Cc1ccc(NCC2CCC(C(=O)O)O2)c([N+](=O)[O-])c1. The maximum atomic E-state index is 11.0. The standard InChI is InChI=1S/C13H16N2O5/c1-8-2-4-10(11(6-8)15(18)19)14-7-9-3-5-12(20-9)13(16)17/h2,4,6,9,12,14H,3,5,7H2,1H3,(H,16,17). The summed E-state index contributed by atoms with van der Waals surface area (Å²) in [4.78, 5) is 21.3. The Morgan fingerprint density at radius 3 is 2.90 bits per heavy atom. The molecule has 2 atom stereocenters. The second kappa shape index (κ2) is 5.87. The van der Waals surface area contributed by atoms with Gasteiger partial charge >= 0.3 is 5.97 Å². The summed E-state index contributed by atoms with van der Waals surface area (Å²) in [5, 5.41) is 22.8. The molecule has 0 aliphatic carbocycles. The third kappa shape index (κ3) is 3.24. The van der Waals surface area contributed by atoms with E-state index in [0.29, 0.717) is 25.1 Å². The lowest BCUT2D eigenvalue weighted by Crippen LogP contribution is -2.24. The molecule has 1 aliphatic heterocycles. The van der Waals surface area contributed by atoms with E-state index in [0.717, 1.165) is 5.56 Å². The van der Waals surface area contributed by atoms with E-state index in [9.17, 15) is 14.9 Å². The Morgan fingerprint density at radius 1 is 1.55 bits per heavy atom. The third-order valence-corrected chi connectivity index (χ3v) is 3.25. The summed E-state index contributed by atoms with van der Waals surface area (Å²) in [5.41, 5.74) is 1.24. The fourth-order valence-electron chi connectivity index (χ4n) is 2.20. The van der Waals surface area contributed by atoms with Gasteiger partial charge in [-0.25, -0.2) is 4.79 Å². The van der Waals surface area contributed by atoms with Gasteiger partial charge in [0.25, 0.3) is 5.69 Å². The monoisotopic (exact) mass is 280 g/mol. The second-order valence-electron chi connectivity index (χ2n) is 4.82. The summed E-state index contributed by atoms with van der Waals surface area (Å²) in [5.74, 6) is -0.964. The van der Waals surface area contributed by atoms with Crippen molar-refractivity contribution in [2.75, 3.05) is 11.9 Å². The molecule has 108 valence electrons. The van der Waals surface area contributed by atoms with Crippen LogP contribution in [0.3, 0.4) is 0 Å². The van der Waals surface area contributed by atoms with Crippen LogP contribution in [0.5, 0.6) is 0 Å². The number of nitrogens with one attached hydrogen (secondary N) is 1. The maximum Gasteiger partial charge on any atom is 0.332 e. The zero-order valence-electron chi connectivity index (χ0n) is 11.0. The molecule has 1 fully saturated rings. The first-order valence-electron chi connectivity index (χ1n) is 6.34. The Labute approximate surface area is 115 Å². The Bertz CT molecular complexity index is 531. The van der Waals surface area contributed by atoms with Gasteiger partial charge in [0, 0.05) is 12.6 Å². The van der Waals surface area contributed by atoms with Crippen LogP contribution < -0.4 is 5.32 Å². The molecule has 2 N–H and O–H groups in total. The first kappa shape index (κ1) is 14.3. The molecule has 0 radical (unpaired) electrons. The van der Waals surface area contributed by atoms with Gasteiger partial charge in [0.05, 0.1) is 11.0 Å². The summed E-state index contributed by atoms with van der Waals surface area (Å²) in [6, 6.07) is 4.93. The van der Waals surface area contributed by atoms with Crippen molar-refractivity contribution in [3.05, 3.63) is 33.9 Å². The lowest BCUT2D eigenvalue weighted by atomic mass is 10.1. The first-order valence-corrected chi connectivity index (χ1v) is 6.34. The average molecular weight is 280 g/mol. The van der Waals surface area contributed by atoms with Crippen LogP contribution in [-0.2, 0) is 9.53 Å². The van der Waals surface area contributed by atoms with Crippen LogP contribution in [0.25, 0.3) is 0 Å². The van der Waals surface area contributed by atoms with Gasteiger partial charge in [0.15, 0.2) is 6.10 Å². The van der Waals surface area contributed by atoms with Gasteiger partial charge in [-0.15, -0.1) is 0 Å². The number of hydrogen-bond donors (Lipinski definition) is 2. The zero-order chi connectivity index (χ0) is 14.7. The van der Waals surface area contributed by atoms with Crippen LogP contribution in [0.1, 0.15) is 18.4 Å². The smallest absolute Gasteiger partial charge is 0.332 e. The number of anilines is 1. The van der Waals surface area contributed by atoms with Crippen molar-refractivity contribution in [2.24, 2.45) is 0 Å². The van der Waals surface area contributed by atoms with Crippen LogP contribution in [-0.4, -0.2) is 34.8 Å². The number of carbonyl (C=O) groups is 1. The highest BCUT2D eigenvalue weighted by Crippen LogP contribution is 2.26. The van der Waals surface area contributed by atoms with Gasteiger partial charge in [0.1, 0.15) is 5.69 Å². The highest BCUT2D eigenvalue weighted by molar-refractivity contribution is 5.72. The molecular formula is C13H16N2O5. The van der Waals surface area contributed by atoms with Crippen LogP contribution in [0, 0.1) is 17.0 Å². The van der Waals surface area contributed by atoms with E-state index < -0.39 is 17.0 Å². The number of nitro groups is 1. The molecule has 0 bridgehead atoms. The number of benzene rings is 1. The number of ether oxygens (including phenoxy) is 1. The highest BCUT2D eigenvalue weighted by atomic mass is 16.6. The largest absolute Gasteiger partial charge is 0.479 e. The zero-order valence-corrected chi connectivity index (χ0v) is 11.0. The van der Waals surface area contributed by atoms with Crippen molar-refractivity contribution in [1.82, 2.24) is 0 Å². The minimum atomic E-state index is -0.964. The Balaban J connectivity index is 1.98. The van der Waals surface area contributed by atoms with Gasteiger partial charge in [-0.05, 0) is 31.4 Å². The Morgan fingerprint density at radius 2 is 2.30 bits per heavy atom. The molecule has 1 aromatic rings. The van der Waals surface area contributed by atoms with Crippen LogP contribution >= 0.6 is 0 Å². The molecule has 2 rings (SSSR count). The summed E-state index contributed by atoms with van der Waals surface area (Å²) >= 11 is 0. The third-order valence-electron chi connectivity index (χ3n) is 3.25. The van der Waals surface area contributed by atoms with E-state index >= 15 is 0 Å². The molecule has 2 unspecified atom stereocenters. The van der Waals surface area contributed by atoms with Gasteiger partial charge in [-0.2, -0.15) is 0 Å². The van der Waals surface area contributed by atoms with E-state index in [1.807, 2.05) is 0 Å². The molecule has 0 aromatic heterocycles. The van der Waals surface area contributed by atoms with E-state index in [1.54, 1.807) is 19.1 Å². The minimum absolute atomic E-state index is 0.0118. The van der Waals surface area contributed by atoms with Crippen LogP contribution in [0.2, 0.25) is 0 Å². The van der Waals surface area contributed by atoms with Crippen molar-refractivity contribution >= 4 is 17.3 Å². The summed E-state index contributed by atoms with van der Waals surface area (Å²) < 4.78 is 5.34. The average Bonchev–Trinajstić information content (AvgIpc) is 2.86. The normalized spacial score (nSPS) is 21.6. The highest BCUT2D eigenvalue weighted by Gasteiger charge is 2.30. The van der Waals surface area contributed by atoms with Gasteiger partial charge in [0.2, 0.25) is 0 Å². The number of aliphatic carboxylic acids is 1. The molecule has 0 spiro atoms. The van der Waals surface area contributed by atoms with Crippen molar-refractivity contribution in [3.63, 3.8) is 0 Å². The summed E-state index contributed by atoms with van der Waals surface area (Å²) in [6.45, 7) is 2.14. The maximum absolute atomic E-state index is 11.0. The number of nitrogens with zero attached hydrogens (tertiary/aromatic N) is 1. The van der Waals surface area contributed by atoms with Crippen LogP contribution in [0.4, 0.5) is 11.4 Å². The topological polar surface area (TPSA) is 102 Å². The summed E-state index contributed by atoms with van der Waals surface area (Å²) in [6.07, 6.45) is 0.0909. The number of carboxylic acids is 1. The van der Waals surface area contributed by atoms with Crippen molar-refractivity contribution in [2.45, 2.75) is 32.0 Å². The predicted molar refractivity (Wildman–Crippen MR) is 71.9 cm³/mol. The molecule has 20 heavy (non-hydrogen) atoms. The van der Waals surface area contributed by atoms with Crippen molar-refractivity contribution in [3.8, 4) is 0 Å². The molecule has 7 heteroatoms. The molecule has 0 saturated carbocycles. The van der Waals surface area contributed by atoms with E-state index in [4.69, 9.17) is 9.84 Å². The number of nitro benzene ring substituents is 1. The predicted octanol–water partition coefficient (Wildman–Crippen LogP) is 1.95. The van der Waals surface area contributed by atoms with E-state index in [2.05, 4.69) is 5.32 Å². The second-order valence-corrected chi connectivity index (χ2v) is 4.82. The van der Waals surface area contributed by atoms with Gasteiger partial charge in [-0.3, -0.25) is 10.1 Å². The molecule has 1 aromatic carbocycles. The molecule has 1 heterocycles. The number of carboxylic acid groups (broad SMARTS) is 1. The fraction of sp³-hybridized carbons (Fsp3) is 0.462. The summed E-state index contributed by atoms with van der Waals surface area (Å²) in [7, 11) is 0. The van der Waals surface area contributed by atoms with Gasteiger partial charge < -0.3 is 15.2 Å². The molecule has 7 nitrogen and oxygen atoms in total. The molecule has 1 aliphatic rings. The number of aryl methyl sites for hydroxylation is 1. The fourth-order valence-corrected chi connectivity index (χ4v) is 2.20. The molecule has 1 saturated heterocycles. The Kier molecular flexibility index (Phi) is 4.19. The lowest BCUT2D eigenvalue weighted by molar-refractivity contribution is -0.384. The van der Waals surface area contributed by atoms with Crippen molar-refractivity contribution in [1.29, 1.82) is 0 Å². The Hall–Kier alpha value is -2.15.